The van der Waals surface area contributed by atoms with Gasteiger partial charge in [-0.3, -0.25) is 4.79 Å². The van der Waals surface area contributed by atoms with Gasteiger partial charge in [-0.2, -0.15) is 13.2 Å². The molecule has 1 unspecified atom stereocenters. The van der Waals surface area contributed by atoms with Crippen LogP contribution in [0, 0.1) is 5.92 Å². The summed E-state index contributed by atoms with van der Waals surface area (Å²) in [6.45, 7) is 1.69. The number of hydrogen-bond acceptors (Lipinski definition) is 3. The average molecular weight is 426 g/mol. The van der Waals surface area contributed by atoms with Gasteiger partial charge in [0.15, 0.2) is 0 Å². The van der Waals surface area contributed by atoms with E-state index in [2.05, 4.69) is 10.1 Å². The molecule has 0 aromatic heterocycles. The molecule has 5 nitrogen and oxygen atoms in total. The van der Waals surface area contributed by atoms with Crippen molar-refractivity contribution in [1.29, 1.82) is 0 Å². The van der Waals surface area contributed by atoms with Gasteiger partial charge < -0.3 is 15.0 Å². The second kappa shape index (κ2) is 9.27. The molecule has 2 aliphatic rings. The van der Waals surface area contributed by atoms with Crippen molar-refractivity contribution in [3.05, 3.63) is 35.4 Å². The molecule has 8 heteroatoms. The number of carbonyl (C=O) groups is 2. The number of carbonyl (C=O) groups excluding carboxylic acids is 2. The molecule has 0 spiro atoms. The van der Waals surface area contributed by atoms with Crippen LogP contribution in [0.4, 0.5) is 18.0 Å². The van der Waals surface area contributed by atoms with Gasteiger partial charge in [-0.05, 0) is 69.1 Å². The lowest BCUT2D eigenvalue weighted by atomic mass is 9.85. The number of amides is 2. The smallest absolute Gasteiger partial charge is 0.406 e. The number of ether oxygens (including phenoxy) is 1. The number of alkyl carbamates (subject to hydrolysis) is 1. The van der Waals surface area contributed by atoms with Crippen LogP contribution in [0.25, 0.3) is 0 Å². The molecule has 3 rings (SSSR count). The Bertz CT molecular complexity index is 739. The first-order valence-electron chi connectivity index (χ1n) is 10.5. The highest BCUT2D eigenvalue weighted by molar-refractivity contribution is 5.95. The summed E-state index contributed by atoms with van der Waals surface area (Å²) in [5.41, 5.74) is 0.602. The maximum Gasteiger partial charge on any atom is 0.406 e. The first-order valence-corrected chi connectivity index (χ1v) is 10.5. The third kappa shape index (κ3) is 5.46. The summed E-state index contributed by atoms with van der Waals surface area (Å²) in [4.78, 5) is 26.4. The second-order valence-corrected chi connectivity index (χ2v) is 8.38. The van der Waals surface area contributed by atoms with Crippen molar-refractivity contribution >= 4 is 12.0 Å². The molecule has 1 atom stereocenters. The highest BCUT2D eigenvalue weighted by Crippen LogP contribution is 2.37. The molecular formula is C22H29F3N2O3. The van der Waals surface area contributed by atoms with E-state index in [1.807, 2.05) is 4.90 Å². The molecule has 30 heavy (non-hydrogen) atoms. The van der Waals surface area contributed by atoms with E-state index in [4.69, 9.17) is 0 Å². The van der Waals surface area contributed by atoms with Crippen LogP contribution in [-0.2, 0) is 4.74 Å². The summed E-state index contributed by atoms with van der Waals surface area (Å²) in [5.74, 6) is -1.30. The quantitative estimate of drug-likeness (QED) is 0.706. The largest absolute Gasteiger partial charge is 0.453 e. The van der Waals surface area contributed by atoms with E-state index in [9.17, 15) is 22.8 Å². The van der Waals surface area contributed by atoms with Crippen molar-refractivity contribution in [3.63, 3.8) is 0 Å². The Kier molecular flexibility index (Phi) is 6.93. The summed E-state index contributed by atoms with van der Waals surface area (Å²) >= 11 is 0. The van der Waals surface area contributed by atoms with Gasteiger partial charge in [-0.1, -0.05) is 12.1 Å². The first kappa shape index (κ1) is 22.4. The molecule has 2 aliphatic carbocycles. The van der Waals surface area contributed by atoms with Crippen molar-refractivity contribution in [1.82, 2.24) is 10.2 Å². The van der Waals surface area contributed by atoms with Gasteiger partial charge >= 0.3 is 12.3 Å². The van der Waals surface area contributed by atoms with Crippen LogP contribution >= 0.6 is 0 Å². The fourth-order valence-corrected chi connectivity index (χ4v) is 4.16. The van der Waals surface area contributed by atoms with Crippen LogP contribution in [-0.4, -0.2) is 48.8 Å². The zero-order chi connectivity index (χ0) is 21.9. The minimum Gasteiger partial charge on any atom is -0.453 e. The molecule has 2 fully saturated rings. The summed E-state index contributed by atoms with van der Waals surface area (Å²) < 4.78 is 43.4. The molecule has 2 amide bonds. The summed E-state index contributed by atoms with van der Waals surface area (Å²) in [6.07, 6.45) is 0.748. The highest BCUT2D eigenvalue weighted by atomic mass is 19.4. The molecule has 166 valence electrons. The Morgan fingerprint density at radius 3 is 2.07 bits per heavy atom. The van der Waals surface area contributed by atoms with Crippen LogP contribution in [0.3, 0.4) is 0 Å². The Hall–Kier alpha value is -2.25. The van der Waals surface area contributed by atoms with Gasteiger partial charge in [-0.15, -0.1) is 0 Å². The molecule has 0 aliphatic heterocycles. The normalized spacial score (nSPS) is 22.8. The Labute approximate surface area is 175 Å². The topological polar surface area (TPSA) is 58.6 Å². The number of nitrogens with zero attached hydrogens (tertiary/aromatic N) is 1. The Morgan fingerprint density at radius 2 is 1.60 bits per heavy atom. The SMILES string of the molecule is COC(=O)NCC1CCC(N(C(=O)c2ccc(C(C)C(F)(F)F)cc2)C2CC2)CC1. The summed E-state index contributed by atoms with van der Waals surface area (Å²) in [7, 11) is 1.33. The molecular weight excluding hydrogens is 397 g/mol. The van der Waals surface area contributed by atoms with Crippen LogP contribution in [0.5, 0.6) is 0 Å². The standard InChI is InChI=1S/C22H29F3N2O3/c1-14(22(23,24)25)16-5-7-17(8-6-16)20(28)27(19-11-12-19)18-9-3-15(4-10-18)13-26-21(29)30-2/h5-8,14-15,18-19H,3-4,9-13H2,1-2H3,(H,26,29). The van der Waals surface area contributed by atoms with Crippen molar-refractivity contribution < 1.29 is 27.5 Å². The number of methoxy groups -OCH3 is 1. The van der Waals surface area contributed by atoms with Crippen molar-refractivity contribution in [3.8, 4) is 0 Å². The molecule has 1 N–H and O–H groups in total. The zero-order valence-corrected chi connectivity index (χ0v) is 17.4. The maximum atomic E-state index is 13.2. The number of alkyl halides is 3. The lowest BCUT2D eigenvalue weighted by Crippen LogP contribution is -2.44. The van der Waals surface area contributed by atoms with Gasteiger partial charge in [0.2, 0.25) is 0 Å². The minimum absolute atomic E-state index is 0.0974. The minimum atomic E-state index is -4.30. The summed E-state index contributed by atoms with van der Waals surface area (Å²) in [5, 5.41) is 2.73. The van der Waals surface area contributed by atoms with Gasteiger partial charge in [0.05, 0.1) is 13.0 Å². The Balaban J connectivity index is 1.62. The lowest BCUT2D eigenvalue weighted by molar-refractivity contribution is -0.146. The number of halogens is 3. The van der Waals surface area contributed by atoms with E-state index in [-0.39, 0.29) is 23.6 Å². The molecule has 0 bridgehead atoms. The second-order valence-electron chi connectivity index (χ2n) is 8.38. The van der Waals surface area contributed by atoms with Crippen LogP contribution < -0.4 is 5.32 Å². The van der Waals surface area contributed by atoms with Crippen LogP contribution in [0.1, 0.15) is 67.3 Å². The zero-order valence-electron chi connectivity index (χ0n) is 17.4. The predicted molar refractivity (Wildman–Crippen MR) is 106 cm³/mol. The van der Waals surface area contributed by atoms with Gasteiger partial charge in [0.1, 0.15) is 0 Å². The fourth-order valence-electron chi connectivity index (χ4n) is 4.16. The monoisotopic (exact) mass is 426 g/mol. The average Bonchev–Trinajstić information content (AvgIpc) is 3.57. The van der Waals surface area contributed by atoms with E-state index in [0.29, 0.717) is 18.0 Å². The molecule has 0 saturated heterocycles. The predicted octanol–water partition coefficient (Wildman–Crippen LogP) is 4.87. The van der Waals surface area contributed by atoms with E-state index >= 15 is 0 Å². The van der Waals surface area contributed by atoms with Crippen molar-refractivity contribution in [2.45, 2.75) is 69.6 Å². The van der Waals surface area contributed by atoms with Crippen molar-refractivity contribution in [2.24, 2.45) is 5.92 Å². The van der Waals surface area contributed by atoms with E-state index in [1.54, 1.807) is 0 Å². The number of benzene rings is 1. The van der Waals surface area contributed by atoms with Gasteiger partial charge in [0, 0.05) is 24.2 Å². The summed E-state index contributed by atoms with van der Waals surface area (Å²) in [6, 6.07) is 6.20. The molecule has 1 aromatic carbocycles. The number of hydrogen-bond donors (Lipinski definition) is 1. The molecule has 1 aromatic rings. The van der Waals surface area contributed by atoms with Crippen molar-refractivity contribution in [2.75, 3.05) is 13.7 Å². The Morgan fingerprint density at radius 1 is 1.07 bits per heavy atom. The number of rotatable bonds is 6. The highest BCUT2D eigenvalue weighted by Gasteiger charge is 2.40. The third-order valence-electron chi connectivity index (χ3n) is 6.25. The van der Waals surface area contributed by atoms with Gasteiger partial charge in [0.25, 0.3) is 5.91 Å². The lowest BCUT2D eigenvalue weighted by Gasteiger charge is -2.37. The maximum absolute atomic E-state index is 13.2. The van der Waals surface area contributed by atoms with Crippen LogP contribution in [0.2, 0.25) is 0 Å². The first-order chi connectivity index (χ1) is 14.2. The van der Waals surface area contributed by atoms with E-state index in [0.717, 1.165) is 45.4 Å². The molecule has 0 heterocycles. The molecule has 0 radical (unpaired) electrons. The fraction of sp³-hybridized carbons (Fsp3) is 0.636. The van der Waals surface area contributed by atoms with E-state index < -0.39 is 18.2 Å². The third-order valence-corrected chi connectivity index (χ3v) is 6.25. The van der Waals surface area contributed by atoms with E-state index in [1.165, 1.54) is 31.4 Å². The van der Waals surface area contributed by atoms with Gasteiger partial charge in [-0.25, -0.2) is 4.79 Å². The molecule has 2 saturated carbocycles. The van der Waals surface area contributed by atoms with Crippen LogP contribution in [0.15, 0.2) is 24.3 Å². The number of nitrogens with one attached hydrogen (secondary N) is 1.